The molecule has 0 aromatic heterocycles. The number of benzene rings is 2. The average Bonchev–Trinajstić information content (AvgIpc) is 2.86. The Morgan fingerprint density at radius 2 is 1.96 bits per heavy atom. The number of carbonyl (C=O) groups excluding carboxylic acids is 2. The molecule has 120 valence electrons. The van der Waals surface area contributed by atoms with Crippen molar-refractivity contribution in [1.82, 2.24) is 5.32 Å². The molecule has 0 spiro atoms. The first-order valence-electron chi connectivity index (χ1n) is 7.24. The Kier molecular flexibility index (Phi) is 4.78. The standard InChI is InChI=1S/C18H14N2O2S2/c1-11-5-7-13(8-6-11)16(21)19-14-4-2-3-12(9-14)10-15-17(22)20-18(23)24-15/h2-10H,1H3,(H,19,21)(H,20,22,23). The van der Waals surface area contributed by atoms with Gasteiger partial charge in [-0.25, -0.2) is 0 Å². The van der Waals surface area contributed by atoms with E-state index in [1.807, 2.05) is 37.3 Å². The first-order valence-corrected chi connectivity index (χ1v) is 8.47. The van der Waals surface area contributed by atoms with Crippen LogP contribution in [0, 0.1) is 6.92 Å². The van der Waals surface area contributed by atoms with Crippen molar-refractivity contribution in [3.8, 4) is 0 Å². The van der Waals surface area contributed by atoms with E-state index in [1.54, 1.807) is 24.3 Å². The highest BCUT2D eigenvalue weighted by Crippen LogP contribution is 2.26. The molecule has 2 aromatic carbocycles. The fourth-order valence-corrected chi connectivity index (χ4v) is 3.23. The zero-order valence-corrected chi connectivity index (χ0v) is 14.5. The van der Waals surface area contributed by atoms with Crippen molar-refractivity contribution in [2.75, 3.05) is 5.32 Å². The molecular formula is C18H14N2O2S2. The van der Waals surface area contributed by atoms with Crippen LogP contribution in [0.1, 0.15) is 21.5 Å². The highest BCUT2D eigenvalue weighted by atomic mass is 32.2. The minimum absolute atomic E-state index is 0.172. The lowest BCUT2D eigenvalue weighted by atomic mass is 10.1. The van der Waals surface area contributed by atoms with Gasteiger partial charge >= 0.3 is 0 Å². The molecule has 24 heavy (non-hydrogen) atoms. The van der Waals surface area contributed by atoms with Crippen molar-refractivity contribution >= 4 is 51.9 Å². The predicted octanol–water partition coefficient (Wildman–Crippen LogP) is 3.74. The van der Waals surface area contributed by atoms with Crippen LogP contribution < -0.4 is 10.6 Å². The number of nitrogens with one attached hydrogen (secondary N) is 2. The fraction of sp³-hybridized carbons (Fsp3) is 0.0556. The number of thiocarbonyl (C=S) groups is 1. The Morgan fingerprint density at radius 3 is 2.62 bits per heavy atom. The van der Waals surface area contributed by atoms with E-state index in [-0.39, 0.29) is 11.8 Å². The Labute approximate surface area is 149 Å². The fourth-order valence-electron chi connectivity index (χ4n) is 2.19. The van der Waals surface area contributed by atoms with Gasteiger partial charge in [0, 0.05) is 11.3 Å². The highest BCUT2D eigenvalue weighted by molar-refractivity contribution is 8.26. The third-order valence-corrected chi connectivity index (χ3v) is 4.56. The summed E-state index contributed by atoms with van der Waals surface area (Å²) in [6.07, 6.45) is 1.75. The third kappa shape index (κ3) is 3.90. The van der Waals surface area contributed by atoms with Crippen LogP contribution in [-0.4, -0.2) is 16.1 Å². The normalized spacial score (nSPS) is 15.5. The highest BCUT2D eigenvalue weighted by Gasteiger charge is 2.21. The van der Waals surface area contributed by atoms with Crippen LogP contribution in [0.25, 0.3) is 6.08 Å². The van der Waals surface area contributed by atoms with E-state index in [0.29, 0.717) is 20.5 Å². The summed E-state index contributed by atoms with van der Waals surface area (Å²) in [4.78, 5) is 24.5. The van der Waals surface area contributed by atoms with Gasteiger partial charge in [-0.3, -0.25) is 9.59 Å². The lowest BCUT2D eigenvalue weighted by Crippen LogP contribution is -2.17. The Morgan fingerprint density at radius 1 is 1.21 bits per heavy atom. The van der Waals surface area contributed by atoms with Gasteiger partial charge in [-0.1, -0.05) is 53.8 Å². The average molecular weight is 354 g/mol. The van der Waals surface area contributed by atoms with Crippen molar-refractivity contribution in [2.24, 2.45) is 0 Å². The molecule has 0 atom stereocenters. The van der Waals surface area contributed by atoms with Crippen LogP contribution >= 0.6 is 24.0 Å². The van der Waals surface area contributed by atoms with E-state index in [0.717, 1.165) is 11.1 Å². The maximum atomic E-state index is 12.3. The lowest BCUT2D eigenvalue weighted by Gasteiger charge is -2.06. The molecule has 2 N–H and O–H groups in total. The summed E-state index contributed by atoms with van der Waals surface area (Å²) in [6, 6.07) is 14.7. The summed E-state index contributed by atoms with van der Waals surface area (Å²) in [5.74, 6) is -0.368. The van der Waals surface area contributed by atoms with Crippen LogP contribution in [0.4, 0.5) is 5.69 Å². The molecular weight excluding hydrogens is 340 g/mol. The van der Waals surface area contributed by atoms with Gasteiger partial charge in [0.25, 0.3) is 11.8 Å². The van der Waals surface area contributed by atoms with Crippen LogP contribution in [0.2, 0.25) is 0 Å². The van der Waals surface area contributed by atoms with Crippen molar-refractivity contribution < 1.29 is 9.59 Å². The summed E-state index contributed by atoms with van der Waals surface area (Å²) < 4.78 is 0.454. The molecule has 3 rings (SSSR count). The molecule has 1 saturated heterocycles. The monoisotopic (exact) mass is 354 g/mol. The molecule has 1 aliphatic heterocycles. The van der Waals surface area contributed by atoms with Crippen LogP contribution in [-0.2, 0) is 4.79 Å². The molecule has 0 bridgehead atoms. The molecule has 1 fully saturated rings. The van der Waals surface area contributed by atoms with E-state index in [9.17, 15) is 9.59 Å². The molecule has 1 aliphatic rings. The van der Waals surface area contributed by atoms with Gasteiger partial charge in [0.05, 0.1) is 4.91 Å². The molecule has 2 amide bonds. The Hall–Kier alpha value is -2.44. The smallest absolute Gasteiger partial charge is 0.263 e. The van der Waals surface area contributed by atoms with Crippen molar-refractivity contribution in [3.05, 3.63) is 70.1 Å². The van der Waals surface area contributed by atoms with Gasteiger partial charge in [0.15, 0.2) is 0 Å². The van der Waals surface area contributed by atoms with Crippen LogP contribution in [0.15, 0.2) is 53.4 Å². The molecule has 1 heterocycles. The molecule has 2 aromatic rings. The molecule has 4 nitrogen and oxygen atoms in total. The van der Waals surface area contributed by atoms with Gasteiger partial charge in [-0.15, -0.1) is 0 Å². The zero-order valence-electron chi connectivity index (χ0n) is 12.8. The summed E-state index contributed by atoms with van der Waals surface area (Å²) >= 11 is 6.20. The van der Waals surface area contributed by atoms with Crippen LogP contribution in [0.3, 0.4) is 0 Å². The summed E-state index contributed by atoms with van der Waals surface area (Å²) in [6.45, 7) is 1.97. The number of hydrogen-bond donors (Lipinski definition) is 2. The number of aryl methyl sites for hydroxylation is 1. The number of rotatable bonds is 3. The summed E-state index contributed by atoms with van der Waals surface area (Å²) in [5.41, 5.74) is 3.19. The Bertz CT molecular complexity index is 858. The van der Waals surface area contributed by atoms with Crippen LogP contribution in [0.5, 0.6) is 0 Å². The minimum atomic E-state index is -0.195. The lowest BCUT2D eigenvalue weighted by molar-refractivity contribution is -0.115. The van der Waals surface area contributed by atoms with Gasteiger partial charge in [-0.05, 0) is 42.8 Å². The summed E-state index contributed by atoms with van der Waals surface area (Å²) in [5, 5.41) is 5.44. The third-order valence-electron chi connectivity index (χ3n) is 3.40. The predicted molar refractivity (Wildman–Crippen MR) is 102 cm³/mol. The van der Waals surface area contributed by atoms with Gasteiger partial charge in [0.2, 0.25) is 0 Å². The number of thioether (sulfide) groups is 1. The molecule has 0 saturated carbocycles. The number of hydrogen-bond acceptors (Lipinski definition) is 4. The summed E-state index contributed by atoms with van der Waals surface area (Å²) in [7, 11) is 0. The molecule has 0 radical (unpaired) electrons. The number of amides is 2. The van der Waals surface area contributed by atoms with E-state index in [2.05, 4.69) is 10.6 Å². The molecule has 6 heteroatoms. The molecule has 0 unspecified atom stereocenters. The SMILES string of the molecule is Cc1ccc(C(=O)Nc2cccc(C=C3SC(=S)NC3=O)c2)cc1. The van der Waals surface area contributed by atoms with Gasteiger partial charge < -0.3 is 10.6 Å². The Balaban J connectivity index is 1.77. The first-order chi connectivity index (χ1) is 11.5. The quantitative estimate of drug-likeness (QED) is 0.651. The molecule has 0 aliphatic carbocycles. The second-order valence-corrected chi connectivity index (χ2v) is 7.02. The first kappa shape index (κ1) is 16.4. The van der Waals surface area contributed by atoms with Gasteiger partial charge in [-0.2, -0.15) is 0 Å². The number of anilines is 1. The van der Waals surface area contributed by atoms with E-state index in [1.165, 1.54) is 11.8 Å². The minimum Gasteiger partial charge on any atom is -0.322 e. The zero-order chi connectivity index (χ0) is 17.1. The topological polar surface area (TPSA) is 58.2 Å². The second-order valence-electron chi connectivity index (χ2n) is 5.30. The maximum absolute atomic E-state index is 12.3. The van der Waals surface area contributed by atoms with Gasteiger partial charge in [0.1, 0.15) is 4.32 Å². The van der Waals surface area contributed by atoms with E-state index >= 15 is 0 Å². The largest absolute Gasteiger partial charge is 0.322 e. The van der Waals surface area contributed by atoms with E-state index < -0.39 is 0 Å². The number of carbonyl (C=O) groups is 2. The second kappa shape index (κ2) is 6.98. The maximum Gasteiger partial charge on any atom is 0.263 e. The van der Waals surface area contributed by atoms with Crippen molar-refractivity contribution in [1.29, 1.82) is 0 Å². The van der Waals surface area contributed by atoms with Crippen molar-refractivity contribution in [3.63, 3.8) is 0 Å². The van der Waals surface area contributed by atoms with Crippen molar-refractivity contribution in [2.45, 2.75) is 6.92 Å². The van der Waals surface area contributed by atoms with E-state index in [4.69, 9.17) is 12.2 Å².